The number of amides is 1. The molecule has 0 bridgehead atoms. The average Bonchev–Trinajstić information content (AvgIpc) is 2.84. The molecule has 0 aliphatic rings. The number of aromatic nitrogens is 1. The molecule has 21 heavy (non-hydrogen) atoms. The van der Waals surface area contributed by atoms with Gasteiger partial charge in [0.1, 0.15) is 9.90 Å². The standard InChI is InChI=1S/C14H15ClN2O3S/c1-9(8-18)17(7-10-5-3-2-4-6-10)14(20)12-11(15)13(19)16-21-12/h2-6,9,18H,7-8H2,1H3,(H,16,19). The summed E-state index contributed by atoms with van der Waals surface area (Å²) in [6, 6.07) is 9.05. The Hall–Kier alpha value is -1.63. The third-order valence-electron chi connectivity index (χ3n) is 3.09. The van der Waals surface area contributed by atoms with Crippen LogP contribution in [0.4, 0.5) is 0 Å². The Balaban J connectivity index is 2.30. The van der Waals surface area contributed by atoms with Crippen LogP contribution in [0.2, 0.25) is 5.02 Å². The highest BCUT2D eigenvalue weighted by Gasteiger charge is 2.25. The molecule has 5 nitrogen and oxygen atoms in total. The van der Waals surface area contributed by atoms with E-state index in [9.17, 15) is 14.7 Å². The number of rotatable bonds is 5. The first kappa shape index (κ1) is 15.8. The van der Waals surface area contributed by atoms with Crippen molar-refractivity contribution in [1.82, 2.24) is 9.27 Å². The Morgan fingerprint density at radius 1 is 1.43 bits per heavy atom. The zero-order valence-electron chi connectivity index (χ0n) is 11.4. The SMILES string of the molecule is CC(CO)N(Cc1ccccc1)C(=O)c1s[nH]c(=O)c1Cl. The van der Waals surface area contributed by atoms with Crippen molar-refractivity contribution < 1.29 is 9.90 Å². The Labute approximate surface area is 130 Å². The summed E-state index contributed by atoms with van der Waals surface area (Å²) in [4.78, 5) is 25.6. The molecular formula is C14H15ClN2O3S. The fourth-order valence-corrected chi connectivity index (χ4v) is 2.85. The van der Waals surface area contributed by atoms with Crippen LogP contribution in [0.25, 0.3) is 0 Å². The van der Waals surface area contributed by atoms with Crippen LogP contribution in [0.1, 0.15) is 22.2 Å². The summed E-state index contributed by atoms with van der Waals surface area (Å²) in [5.41, 5.74) is 0.464. The molecule has 1 atom stereocenters. The van der Waals surface area contributed by atoms with Crippen molar-refractivity contribution in [1.29, 1.82) is 0 Å². The molecule has 0 aliphatic carbocycles. The van der Waals surface area contributed by atoms with Crippen molar-refractivity contribution in [3.05, 3.63) is 56.1 Å². The molecule has 2 aromatic rings. The van der Waals surface area contributed by atoms with E-state index in [4.69, 9.17) is 11.6 Å². The van der Waals surface area contributed by atoms with Gasteiger partial charge in [0.15, 0.2) is 0 Å². The van der Waals surface area contributed by atoms with Crippen LogP contribution in [-0.4, -0.2) is 32.9 Å². The molecule has 1 aromatic heterocycles. The van der Waals surface area contributed by atoms with E-state index in [1.54, 1.807) is 6.92 Å². The topological polar surface area (TPSA) is 73.4 Å². The van der Waals surface area contributed by atoms with Gasteiger partial charge >= 0.3 is 0 Å². The van der Waals surface area contributed by atoms with Gasteiger partial charge in [-0.3, -0.25) is 14.0 Å². The molecular weight excluding hydrogens is 312 g/mol. The maximum atomic E-state index is 12.6. The maximum Gasteiger partial charge on any atom is 0.277 e. The molecule has 2 N–H and O–H groups in total. The van der Waals surface area contributed by atoms with Gasteiger partial charge in [0.2, 0.25) is 0 Å². The van der Waals surface area contributed by atoms with E-state index in [1.807, 2.05) is 30.3 Å². The van der Waals surface area contributed by atoms with Crippen molar-refractivity contribution in [2.24, 2.45) is 0 Å². The first-order chi connectivity index (χ1) is 10.0. The van der Waals surface area contributed by atoms with E-state index in [0.717, 1.165) is 17.1 Å². The van der Waals surface area contributed by atoms with Gasteiger partial charge in [-0.2, -0.15) is 0 Å². The second-order valence-electron chi connectivity index (χ2n) is 4.63. The van der Waals surface area contributed by atoms with E-state index in [-0.39, 0.29) is 28.5 Å². The normalized spacial score (nSPS) is 12.1. The summed E-state index contributed by atoms with van der Waals surface area (Å²) in [5.74, 6) is -0.367. The molecule has 0 aliphatic heterocycles. The second kappa shape index (κ2) is 6.89. The minimum atomic E-state index is -0.471. The number of hydrogen-bond donors (Lipinski definition) is 2. The Bertz CT molecular complexity index is 668. The summed E-state index contributed by atoms with van der Waals surface area (Å²) in [7, 11) is 0. The lowest BCUT2D eigenvalue weighted by Crippen LogP contribution is -2.40. The number of benzene rings is 1. The maximum absolute atomic E-state index is 12.6. The first-order valence-electron chi connectivity index (χ1n) is 6.37. The number of H-pyrrole nitrogens is 1. The minimum Gasteiger partial charge on any atom is -0.394 e. The number of nitrogens with zero attached hydrogens (tertiary/aromatic N) is 1. The number of aliphatic hydroxyl groups is 1. The van der Waals surface area contributed by atoms with Crippen molar-refractivity contribution >= 4 is 29.0 Å². The molecule has 112 valence electrons. The largest absolute Gasteiger partial charge is 0.394 e. The Morgan fingerprint density at radius 2 is 2.10 bits per heavy atom. The average molecular weight is 327 g/mol. The van der Waals surface area contributed by atoms with Crippen molar-refractivity contribution in [3.63, 3.8) is 0 Å². The first-order valence-corrected chi connectivity index (χ1v) is 7.56. The van der Waals surface area contributed by atoms with Crippen LogP contribution in [0, 0.1) is 0 Å². The van der Waals surface area contributed by atoms with Crippen LogP contribution < -0.4 is 5.56 Å². The third-order valence-corrected chi connectivity index (χ3v) is 4.43. The molecule has 1 aromatic carbocycles. The van der Waals surface area contributed by atoms with Gasteiger partial charge in [-0.1, -0.05) is 53.5 Å². The number of hydrogen-bond acceptors (Lipinski definition) is 4. The highest BCUT2D eigenvalue weighted by Crippen LogP contribution is 2.20. The summed E-state index contributed by atoms with van der Waals surface area (Å²) in [5, 5.41) is 9.26. The predicted molar refractivity (Wildman–Crippen MR) is 82.8 cm³/mol. The minimum absolute atomic E-state index is 0.104. The zero-order valence-corrected chi connectivity index (χ0v) is 12.9. The predicted octanol–water partition coefficient (Wildman–Crippen LogP) is 2.11. The molecule has 0 saturated heterocycles. The molecule has 0 spiro atoms. The van der Waals surface area contributed by atoms with Gasteiger partial charge in [-0.15, -0.1) is 0 Å². The van der Waals surface area contributed by atoms with Crippen molar-refractivity contribution in [2.45, 2.75) is 19.5 Å². The lowest BCUT2D eigenvalue weighted by atomic mass is 10.1. The number of carbonyl (C=O) groups excluding carboxylic acids is 1. The summed E-state index contributed by atoms with van der Waals surface area (Å²) >= 11 is 6.76. The number of nitrogens with one attached hydrogen (secondary N) is 1. The quantitative estimate of drug-likeness (QED) is 0.884. The van der Waals surface area contributed by atoms with Crippen LogP contribution in [-0.2, 0) is 6.54 Å². The molecule has 1 amide bonds. The molecule has 2 rings (SSSR count). The lowest BCUT2D eigenvalue weighted by Gasteiger charge is -2.27. The van der Waals surface area contributed by atoms with E-state index < -0.39 is 5.56 Å². The van der Waals surface area contributed by atoms with Crippen LogP contribution in [0.5, 0.6) is 0 Å². The van der Waals surface area contributed by atoms with Gasteiger partial charge in [0.05, 0.1) is 12.6 Å². The highest BCUT2D eigenvalue weighted by molar-refractivity contribution is 7.08. The summed E-state index contributed by atoms with van der Waals surface area (Å²) < 4.78 is 2.44. The molecule has 1 heterocycles. The van der Waals surface area contributed by atoms with Crippen molar-refractivity contribution in [2.75, 3.05) is 6.61 Å². The van der Waals surface area contributed by atoms with E-state index in [0.29, 0.717) is 6.54 Å². The van der Waals surface area contributed by atoms with Gasteiger partial charge in [0.25, 0.3) is 11.5 Å². The molecule has 0 fully saturated rings. The molecule has 0 saturated carbocycles. The smallest absolute Gasteiger partial charge is 0.277 e. The molecule has 7 heteroatoms. The molecule has 0 radical (unpaired) electrons. The van der Waals surface area contributed by atoms with Gasteiger partial charge < -0.3 is 10.0 Å². The third kappa shape index (κ3) is 3.53. The van der Waals surface area contributed by atoms with Crippen LogP contribution in [0.15, 0.2) is 35.1 Å². The van der Waals surface area contributed by atoms with Crippen LogP contribution in [0.3, 0.4) is 0 Å². The van der Waals surface area contributed by atoms with Gasteiger partial charge in [-0.25, -0.2) is 0 Å². The fraction of sp³-hybridized carbons (Fsp3) is 0.286. The Morgan fingerprint density at radius 3 is 2.62 bits per heavy atom. The highest BCUT2D eigenvalue weighted by atomic mass is 35.5. The van der Waals surface area contributed by atoms with Crippen molar-refractivity contribution in [3.8, 4) is 0 Å². The zero-order chi connectivity index (χ0) is 15.4. The number of halogens is 1. The summed E-state index contributed by atoms with van der Waals surface area (Å²) in [6.45, 7) is 1.91. The van der Waals surface area contributed by atoms with Gasteiger partial charge in [-0.05, 0) is 12.5 Å². The lowest BCUT2D eigenvalue weighted by molar-refractivity contribution is 0.0603. The monoisotopic (exact) mass is 326 g/mol. The Kier molecular flexibility index (Phi) is 5.17. The fourth-order valence-electron chi connectivity index (χ4n) is 1.86. The van der Waals surface area contributed by atoms with E-state index in [1.165, 1.54) is 4.90 Å². The number of aromatic amines is 1. The van der Waals surface area contributed by atoms with Crippen LogP contribution >= 0.6 is 23.1 Å². The van der Waals surface area contributed by atoms with Gasteiger partial charge in [0, 0.05) is 6.54 Å². The molecule has 1 unspecified atom stereocenters. The van der Waals surface area contributed by atoms with E-state index >= 15 is 0 Å². The number of carbonyl (C=O) groups is 1. The second-order valence-corrected chi connectivity index (χ2v) is 5.82. The summed E-state index contributed by atoms with van der Waals surface area (Å²) in [6.07, 6.45) is 0. The van der Waals surface area contributed by atoms with E-state index in [2.05, 4.69) is 4.37 Å². The number of aliphatic hydroxyl groups excluding tert-OH is 1.